The third-order valence-corrected chi connectivity index (χ3v) is 5.33. The Morgan fingerprint density at radius 1 is 0.643 bits per heavy atom. The van der Waals surface area contributed by atoms with Gasteiger partial charge >= 0.3 is 22.4 Å². The molecule has 0 fully saturated rings. The number of rotatable bonds is 9. The molecule has 0 amide bonds. The first-order chi connectivity index (χ1) is 6.35. The van der Waals surface area contributed by atoms with Crippen LogP contribution in [-0.4, -0.2) is 18.5 Å². The van der Waals surface area contributed by atoms with Crippen molar-refractivity contribution in [3.05, 3.63) is 0 Å². The van der Waals surface area contributed by atoms with Gasteiger partial charge in [0.1, 0.15) is 0 Å². The zero-order valence-electron chi connectivity index (χ0n) is 10.1. The Labute approximate surface area is 108 Å². The maximum atomic E-state index is 2.31. The summed E-state index contributed by atoms with van der Waals surface area (Å²) < 4.78 is 0. The molecule has 0 atom stereocenters. The van der Waals surface area contributed by atoms with Crippen molar-refractivity contribution < 1.29 is 22.4 Å². The van der Waals surface area contributed by atoms with Gasteiger partial charge in [0.25, 0.3) is 0 Å². The SMILES string of the molecule is CCCCP(CCCC)CCCC.[Au+]. The molecule has 0 aromatic rings. The Morgan fingerprint density at radius 2 is 0.929 bits per heavy atom. The van der Waals surface area contributed by atoms with E-state index >= 15 is 0 Å². The molecule has 0 bridgehead atoms. The van der Waals surface area contributed by atoms with Crippen molar-refractivity contribution in [3.63, 3.8) is 0 Å². The molecular formula is C12H27AuP+. The van der Waals surface area contributed by atoms with Gasteiger partial charge < -0.3 is 0 Å². The molecule has 0 saturated carbocycles. The van der Waals surface area contributed by atoms with E-state index in [9.17, 15) is 0 Å². The molecule has 0 aliphatic rings. The summed E-state index contributed by atoms with van der Waals surface area (Å²) in [6, 6.07) is 0. The molecule has 0 nitrogen and oxygen atoms in total. The summed E-state index contributed by atoms with van der Waals surface area (Å²) in [6.45, 7) is 6.94. The Morgan fingerprint density at radius 3 is 1.14 bits per heavy atom. The Balaban J connectivity index is 0. The van der Waals surface area contributed by atoms with E-state index in [0.717, 1.165) is 0 Å². The largest absolute Gasteiger partial charge is 1.00 e. The molecule has 0 saturated heterocycles. The van der Waals surface area contributed by atoms with Gasteiger partial charge in [0.15, 0.2) is 0 Å². The maximum Gasteiger partial charge on any atom is 1.00 e. The average Bonchev–Trinajstić information content (AvgIpc) is 2.17. The fraction of sp³-hybridized carbons (Fsp3) is 1.00. The standard InChI is InChI=1S/C12H27P.Au/c1-4-7-10-13(11-8-5-2)12-9-6-3;/h4-12H2,1-3H3;/q;+1. The summed E-state index contributed by atoms with van der Waals surface area (Å²) in [5.74, 6) is 0. The second kappa shape index (κ2) is 14.2. The van der Waals surface area contributed by atoms with Gasteiger partial charge in [-0.1, -0.05) is 40.0 Å². The molecule has 0 spiro atoms. The molecule has 0 aromatic carbocycles. The van der Waals surface area contributed by atoms with Crippen LogP contribution in [0.15, 0.2) is 0 Å². The smallest absolute Gasteiger partial charge is 0.107 e. The van der Waals surface area contributed by atoms with Crippen molar-refractivity contribution in [2.45, 2.75) is 59.3 Å². The molecular weight excluding hydrogens is 372 g/mol. The van der Waals surface area contributed by atoms with Crippen LogP contribution in [0.2, 0.25) is 0 Å². The van der Waals surface area contributed by atoms with E-state index in [1.807, 2.05) is 0 Å². The van der Waals surface area contributed by atoms with Crippen LogP contribution in [0.5, 0.6) is 0 Å². The molecule has 0 radical (unpaired) electrons. The predicted molar refractivity (Wildman–Crippen MR) is 66.2 cm³/mol. The second-order valence-electron chi connectivity index (χ2n) is 3.90. The van der Waals surface area contributed by atoms with E-state index in [0.29, 0.717) is 7.92 Å². The van der Waals surface area contributed by atoms with Crippen LogP contribution in [0.25, 0.3) is 0 Å². The van der Waals surface area contributed by atoms with Crippen LogP contribution >= 0.6 is 7.92 Å². The topological polar surface area (TPSA) is 0 Å². The van der Waals surface area contributed by atoms with Gasteiger partial charge in [0, 0.05) is 0 Å². The van der Waals surface area contributed by atoms with Crippen molar-refractivity contribution in [1.29, 1.82) is 0 Å². The summed E-state index contributed by atoms with van der Waals surface area (Å²) in [5.41, 5.74) is 0. The summed E-state index contributed by atoms with van der Waals surface area (Å²) in [5, 5.41) is 0. The average molecular weight is 399 g/mol. The van der Waals surface area contributed by atoms with Gasteiger partial charge in [-0.3, -0.25) is 0 Å². The van der Waals surface area contributed by atoms with Crippen LogP contribution in [0, 0.1) is 0 Å². The molecule has 90 valence electrons. The first kappa shape index (κ1) is 17.6. The van der Waals surface area contributed by atoms with E-state index in [2.05, 4.69) is 20.8 Å². The van der Waals surface area contributed by atoms with Gasteiger partial charge in [0.05, 0.1) is 0 Å². The Kier molecular flexibility index (Phi) is 17.8. The first-order valence-electron chi connectivity index (χ1n) is 6.07. The van der Waals surface area contributed by atoms with Gasteiger partial charge in [-0.2, -0.15) is 0 Å². The number of hydrogen-bond donors (Lipinski definition) is 0. The molecule has 0 unspecified atom stereocenters. The number of hydrogen-bond acceptors (Lipinski definition) is 0. The Hall–Kier alpha value is 1.17. The van der Waals surface area contributed by atoms with Crippen LogP contribution < -0.4 is 0 Å². The molecule has 14 heavy (non-hydrogen) atoms. The fourth-order valence-electron chi connectivity index (χ4n) is 1.48. The van der Waals surface area contributed by atoms with Gasteiger partial charge in [-0.05, 0) is 37.7 Å². The summed E-state index contributed by atoms with van der Waals surface area (Å²) in [6.07, 6.45) is 13.2. The zero-order valence-corrected chi connectivity index (χ0v) is 13.2. The van der Waals surface area contributed by atoms with E-state index in [-0.39, 0.29) is 22.4 Å². The van der Waals surface area contributed by atoms with Crippen molar-refractivity contribution >= 4 is 7.92 Å². The third-order valence-electron chi connectivity index (χ3n) is 2.48. The minimum Gasteiger partial charge on any atom is -0.107 e. The maximum absolute atomic E-state index is 2.31. The van der Waals surface area contributed by atoms with Crippen molar-refractivity contribution in [2.75, 3.05) is 18.5 Å². The minimum absolute atomic E-state index is 0. The quantitative estimate of drug-likeness (QED) is 0.384. The van der Waals surface area contributed by atoms with Crippen molar-refractivity contribution in [2.24, 2.45) is 0 Å². The van der Waals surface area contributed by atoms with Crippen LogP contribution in [-0.2, 0) is 22.4 Å². The second-order valence-corrected chi connectivity index (χ2v) is 6.59. The Bertz CT molecular complexity index is 77.3. The van der Waals surface area contributed by atoms with E-state index < -0.39 is 0 Å². The normalized spacial score (nSPS) is 10.3. The minimum atomic E-state index is 0. The molecule has 0 rings (SSSR count). The summed E-state index contributed by atoms with van der Waals surface area (Å²) in [4.78, 5) is 0. The number of unbranched alkanes of at least 4 members (excludes halogenated alkanes) is 3. The molecule has 0 heterocycles. The molecule has 0 aliphatic heterocycles. The van der Waals surface area contributed by atoms with Gasteiger partial charge in [-0.15, -0.1) is 7.92 Å². The molecule has 0 N–H and O–H groups in total. The third kappa shape index (κ3) is 11.2. The van der Waals surface area contributed by atoms with E-state index in [1.165, 1.54) is 38.5 Å². The van der Waals surface area contributed by atoms with Crippen LogP contribution in [0.3, 0.4) is 0 Å². The summed E-state index contributed by atoms with van der Waals surface area (Å²) in [7, 11) is 0.422. The summed E-state index contributed by atoms with van der Waals surface area (Å²) >= 11 is 0. The zero-order chi connectivity index (χ0) is 9.94. The van der Waals surface area contributed by atoms with Gasteiger partial charge in [-0.25, -0.2) is 0 Å². The van der Waals surface area contributed by atoms with Gasteiger partial charge in [0.2, 0.25) is 0 Å². The molecule has 2 heteroatoms. The van der Waals surface area contributed by atoms with Crippen molar-refractivity contribution in [1.82, 2.24) is 0 Å². The fourth-order valence-corrected chi connectivity index (χ4v) is 4.44. The van der Waals surface area contributed by atoms with Crippen LogP contribution in [0.4, 0.5) is 0 Å². The first-order valence-corrected chi connectivity index (χ1v) is 7.97. The predicted octanol–water partition coefficient (Wildman–Crippen LogP) is 4.87. The van der Waals surface area contributed by atoms with E-state index in [1.54, 1.807) is 18.5 Å². The monoisotopic (exact) mass is 399 g/mol. The molecule has 0 aromatic heterocycles. The van der Waals surface area contributed by atoms with Crippen molar-refractivity contribution in [3.8, 4) is 0 Å². The van der Waals surface area contributed by atoms with Crippen LogP contribution in [0.1, 0.15) is 59.3 Å². The molecule has 0 aliphatic carbocycles. The van der Waals surface area contributed by atoms with E-state index in [4.69, 9.17) is 0 Å².